The molecule has 14 heavy (non-hydrogen) atoms. The predicted molar refractivity (Wildman–Crippen MR) is 59.4 cm³/mol. The van der Waals surface area contributed by atoms with E-state index in [2.05, 4.69) is 19.1 Å². The van der Waals surface area contributed by atoms with E-state index in [0.717, 1.165) is 19.3 Å². The van der Waals surface area contributed by atoms with E-state index in [1.54, 1.807) is 0 Å². The Morgan fingerprint density at radius 1 is 1.21 bits per heavy atom. The molecular weight excluding hydrogens is 172 g/mol. The highest BCUT2D eigenvalue weighted by molar-refractivity contribution is 5.78. The highest BCUT2D eigenvalue weighted by atomic mass is 16.1. The van der Waals surface area contributed by atoms with Crippen LogP contribution in [0.1, 0.15) is 37.3 Å². The van der Waals surface area contributed by atoms with E-state index in [1.165, 1.54) is 11.1 Å². The topological polar surface area (TPSA) is 17.1 Å². The fourth-order valence-electron chi connectivity index (χ4n) is 1.57. The molecule has 1 aromatic rings. The Morgan fingerprint density at radius 3 is 2.57 bits per heavy atom. The summed E-state index contributed by atoms with van der Waals surface area (Å²) in [7, 11) is 0. The number of hydrogen-bond acceptors (Lipinski definition) is 1. The van der Waals surface area contributed by atoms with Gasteiger partial charge in [0.25, 0.3) is 0 Å². The van der Waals surface area contributed by atoms with Gasteiger partial charge in [-0.1, -0.05) is 31.2 Å². The van der Waals surface area contributed by atoms with Crippen LogP contribution in [0.25, 0.3) is 0 Å². The van der Waals surface area contributed by atoms with Gasteiger partial charge in [-0.3, -0.25) is 4.79 Å². The van der Waals surface area contributed by atoms with Gasteiger partial charge in [-0.05, 0) is 30.9 Å². The molecule has 0 aliphatic rings. The van der Waals surface area contributed by atoms with Gasteiger partial charge in [0, 0.05) is 12.8 Å². The van der Waals surface area contributed by atoms with Crippen molar-refractivity contribution in [1.29, 1.82) is 0 Å². The van der Waals surface area contributed by atoms with E-state index >= 15 is 0 Å². The number of ketones is 1. The van der Waals surface area contributed by atoms with Crippen molar-refractivity contribution in [1.82, 2.24) is 0 Å². The molecule has 0 radical (unpaired) electrons. The summed E-state index contributed by atoms with van der Waals surface area (Å²) in [4.78, 5) is 11.3. The number of benzene rings is 1. The van der Waals surface area contributed by atoms with Crippen molar-refractivity contribution < 1.29 is 4.79 Å². The number of aryl methyl sites for hydroxylation is 2. The maximum absolute atomic E-state index is 11.3. The third-order valence-electron chi connectivity index (χ3n) is 2.46. The van der Waals surface area contributed by atoms with Crippen LogP contribution < -0.4 is 0 Å². The summed E-state index contributed by atoms with van der Waals surface area (Å²) >= 11 is 0. The maximum atomic E-state index is 11.3. The molecule has 0 N–H and O–H groups in total. The number of carbonyl (C=O) groups excluding carboxylic acids is 1. The zero-order valence-electron chi connectivity index (χ0n) is 9.05. The first-order chi connectivity index (χ1) is 6.74. The van der Waals surface area contributed by atoms with Gasteiger partial charge in [-0.15, -0.1) is 0 Å². The lowest BCUT2D eigenvalue weighted by molar-refractivity contribution is -0.119. The minimum Gasteiger partial charge on any atom is -0.300 e. The van der Waals surface area contributed by atoms with Gasteiger partial charge < -0.3 is 0 Å². The van der Waals surface area contributed by atoms with E-state index < -0.39 is 0 Å². The molecular formula is C13H18O. The molecule has 0 fully saturated rings. The fraction of sp³-hybridized carbons (Fsp3) is 0.462. The third kappa shape index (κ3) is 3.33. The molecule has 0 unspecified atom stereocenters. The molecule has 1 heteroatoms. The van der Waals surface area contributed by atoms with Crippen LogP contribution in [0.15, 0.2) is 24.3 Å². The van der Waals surface area contributed by atoms with Gasteiger partial charge in [0.1, 0.15) is 5.78 Å². The average molecular weight is 190 g/mol. The smallest absolute Gasteiger partial charge is 0.133 e. The minimum absolute atomic E-state index is 0.385. The molecule has 0 aliphatic carbocycles. The number of hydrogen-bond donors (Lipinski definition) is 0. The highest BCUT2D eigenvalue weighted by Gasteiger charge is 2.02. The summed E-state index contributed by atoms with van der Waals surface area (Å²) in [5.41, 5.74) is 2.59. The first-order valence-corrected chi connectivity index (χ1v) is 5.30. The Balaban J connectivity index is 2.46. The second-order valence-corrected chi connectivity index (χ2v) is 3.72. The van der Waals surface area contributed by atoms with Crippen molar-refractivity contribution in [2.24, 2.45) is 0 Å². The Hall–Kier alpha value is -1.11. The Labute approximate surface area is 86.1 Å². The molecule has 0 aliphatic heterocycles. The Morgan fingerprint density at radius 2 is 1.93 bits per heavy atom. The van der Waals surface area contributed by atoms with Gasteiger partial charge in [0.2, 0.25) is 0 Å². The van der Waals surface area contributed by atoms with Crippen molar-refractivity contribution in [2.75, 3.05) is 0 Å². The largest absolute Gasteiger partial charge is 0.300 e. The van der Waals surface area contributed by atoms with Crippen LogP contribution in [0.2, 0.25) is 0 Å². The molecule has 1 aromatic carbocycles. The lowest BCUT2D eigenvalue weighted by Crippen LogP contribution is -2.00. The summed E-state index contributed by atoms with van der Waals surface area (Å²) in [6.45, 7) is 4.14. The third-order valence-corrected chi connectivity index (χ3v) is 2.46. The number of Topliss-reactive ketones (excluding diaryl/α,β-unsaturated/α-hetero) is 1. The SMILES string of the molecule is CCCC(=O)CCc1ccccc1C. The maximum Gasteiger partial charge on any atom is 0.133 e. The second-order valence-electron chi connectivity index (χ2n) is 3.72. The van der Waals surface area contributed by atoms with E-state index in [-0.39, 0.29) is 0 Å². The minimum atomic E-state index is 0.385. The van der Waals surface area contributed by atoms with Gasteiger partial charge >= 0.3 is 0 Å². The average Bonchev–Trinajstić information content (AvgIpc) is 2.17. The molecule has 0 amide bonds. The molecule has 0 atom stereocenters. The summed E-state index contributed by atoms with van der Waals surface area (Å²) in [6, 6.07) is 8.27. The van der Waals surface area contributed by atoms with Crippen LogP contribution in [-0.4, -0.2) is 5.78 Å². The van der Waals surface area contributed by atoms with Gasteiger partial charge in [-0.25, -0.2) is 0 Å². The normalized spacial score (nSPS) is 10.1. The molecule has 0 saturated carbocycles. The van der Waals surface area contributed by atoms with Gasteiger partial charge in [0.05, 0.1) is 0 Å². The molecule has 0 heterocycles. The van der Waals surface area contributed by atoms with E-state index in [0.29, 0.717) is 12.2 Å². The number of carbonyl (C=O) groups is 1. The van der Waals surface area contributed by atoms with Crippen LogP contribution in [0, 0.1) is 6.92 Å². The van der Waals surface area contributed by atoms with Crippen molar-refractivity contribution in [3.05, 3.63) is 35.4 Å². The van der Waals surface area contributed by atoms with Crippen LogP contribution in [-0.2, 0) is 11.2 Å². The summed E-state index contributed by atoms with van der Waals surface area (Å²) < 4.78 is 0. The predicted octanol–water partition coefficient (Wildman–Crippen LogP) is 3.30. The van der Waals surface area contributed by atoms with Crippen molar-refractivity contribution >= 4 is 5.78 Å². The molecule has 0 aromatic heterocycles. The Bertz CT molecular complexity index is 302. The van der Waals surface area contributed by atoms with Crippen LogP contribution in [0.5, 0.6) is 0 Å². The van der Waals surface area contributed by atoms with Crippen molar-refractivity contribution in [3.63, 3.8) is 0 Å². The summed E-state index contributed by atoms with van der Waals surface area (Å²) in [5.74, 6) is 0.385. The lowest BCUT2D eigenvalue weighted by Gasteiger charge is -2.03. The standard InChI is InChI=1S/C13H18O/c1-3-6-13(14)10-9-12-8-5-4-7-11(12)2/h4-5,7-8H,3,6,9-10H2,1-2H3. The first kappa shape index (κ1) is 11.0. The molecule has 0 spiro atoms. The number of rotatable bonds is 5. The zero-order chi connectivity index (χ0) is 10.4. The monoisotopic (exact) mass is 190 g/mol. The molecule has 1 rings (SSSR count). The van der Waals surface area contributed by atoms with E-state index in [1.807, 2.05) is 19.1 Å². The molecule has 0 saturated heterocycles. The molecule has 1 nitrogen and oxygen atoms in total. The molecule has 76 valence electrons. The van der Waals surface area contributed by atoms with Crippen LogP contribution in [0.3, 0.4) is 0 Å². The highest BCUT2D eigenvalue weighted by Crippen LogP contribution is 2.10. The summed E-state index contributed by atoms with van der Waals surface area (Å²) in [5, 5.41) is 0. The van der Waals surface area contributed by atoms with Crippen molar-refractivity contribution in [3.8, 4) is 0 Å². The van der Waals surface area contributed by atoms with E-state index in [9.17, 15) is 4.79 Å². The lowest BCUT2D eigenvalue weighted by atomic mass is 10.0. The van der Waals surface area contributed by atoms with Crippen LogP contribution in [0.4, 0.5) is 0 Å². The second kappa shape index (κ2) is 5.58. The quantitative estimate of drug-likeness (QED) is 0.696. The fourth-order valence-corrected chi connectivity index (χ4v) is 1.57. The van der Waals surface area contributed by atoms with Gasteiger partial charge in [0.15, 0.2) is 0 Å². The van der Waals surface area contributed by atoms with E-state index in [4.69, 9.17) is 0 Å². The molecule has 0 bridgehead atoms. The van der Waals surface area contributed by atoms with Crippen molar-refractivity contribution in [2.45, 2.75) is 39.5 Å². The Kier molecular flexibility index (Phi) is 4.37. The van der Waals surface area contributed by atoms with Crippen LogP contribution >= 0.6 is 0 Å². The van der Waals surface area contributed by atoms with Gasteiger partial charge in [-0.2, -0.15) is 0 Å². The zero-order valence-corrected chi connectivity index (χ0v) is 9.05. The summed E-state index contributed by atoms with van der Waals surface area (Å²) in [6.07, 6.45) is 3.28. The first-order valence-electron chi connectivity index (χ1n) is 5.30.